The van der Waals surface area contributed by atoms with Crippen molar-refractivity contribution >= 4 is 32.9 Å². The molecule has 0 aromatic heterocycles. The molecule has 11 heavy (non-hydrogen) atoms. The SMILES string of the molecule is Cc1ccc([Si](C)(F)I)cc1. The van der Waals surface area contributed by atoms with E-state index >= 15 is 0 Å². The summed E-state index contributed by atoms with van der Waals surface area (Å²) >= 11 is 1.93. The van der Waals surface area contributed by atoms with Crippen LogP contribution in [0.3, 0.4) is 0 Å². The summed E-state index contributed by atoms with van der Waals surface area (Å²) in [6, 6.07) is 7.68. The normalized spacial score (nSPS) is 16.0. The molecule has 0 aliphatic carbocycles. The van der Waals surface area contributed by atoms with Crippen molar-refractivity contribution in [2.75, 3.05) is 0 Å². The minimum atomic E-state index is -2.59. The minimum Gasteiger partial charge on any atom is -0.295 e. The Morgan fingerprint density at radius 2 is 1.73 bits per heavy atom. The lowest BCUT2D eigenvalue weighted by Gasteiger charge is -2.08. The number of halogens is 2. The van der Waals surface area contributed by atoms with Gasteiger partial charge in [0.15, 0.2) is 0 Å². The van der Waals surface area contributed by atoms with Gasteiger partial charge in [-0.25, -0.2) is 0 Å². The van der Waals surface area contributed by atoms with Crippen molar-refractivity contribution in [2.45, 2.75) is 13.5 Å². The van der Waals surface area contributed by atoms with Crippen molar-refractivity contribution in [3.05, 3.63) is 29.8 Å². The molecule has 0 fully saturated rings. The second-order valence-corrected chi connectivity index (χ2v) is 11.2. The summed E-state index contributed by atoms with van der Waals surface area (Å²) in [7, 11) is 0. The van der Waals surface area contributed by atoms with Crippen LogP contribution in [0.2, 0.25) is 6.55 Å². The first-order valence-electron chi connectivity index (χ1n) is 3.45. The average Bonchev–Trinajstić information content (AvgIpc) is 1.86. The highest BCUT2D eigenvalue weighted by atomic mass is 127. The average molecular weight is 280 g/mol. The van der Waals surface area contributed by atoms with Crippen LogP contribution in [0.5, 0.6) is 0 Å². The fourth-order valence-corrected chi connectivity index (χ4v) is 2.68. The molecule has 0 saturated heterocycles. The smallest absolute Gasteiger partial charge is 0.295 e. The van der Waals surface area contributed by atoms with Gasteiger partial charge in [-0.15, -0.1) is 0 Å². The highest BCUT2D eigenvalue weighted by molar-refractivity contribution is 14.1. The molecule has 0 heterocycles. The standard InChI is InChI=1S/C8H10FISi/c1-7-3-5-8(6-4-7)11(2,9)10/h3-6H,1-2H3. The molecule has 0 spiro atoms. The molecule has 60 valence electrons. The van der Waals surface area contributed by atoms with E-state index in [0.717, 1.165) is 5.19 Å². The molecular weight excluding hydrogens is 270 g/mol. The maximum Gasteiger partial charge on any atom is 0.337 e. The van der Waals surface area contributed by atoms with Crippen molar-refractivity contribution in [1.82, 2.24) is 0 Å². The highest BCUT2D eigenvalue weighted by Crippen LogP contribution is 2.13. The number of hydrogen-bond acceptors (Lipinski definition) is 0. The molecule has 0 N–H and O–H groups in total. The van der Waals surface area contributed by atoms with Crippen LogP contribution >= 0.6 is 21.8 Å². The first-order valence-corrected chi connectivity index (χ1v) is 8.94. The van der Waals surface area contributed by atoms with E-state index in [1.54, 1.807) is 6.55 Å². The van der Waals surface area contributed by atoms with Gasteiger partial charge in [-0.05, 0) is 18.7 Å². The van der Waals surface area contributed by atoms with E-state index < -0.39 is 5.90 Å². The zero-order valence-electron chi connectivity index (χ0n) is 6.57. The Hall–Kier alpha value is 0.0969. The van der Waals surface area contributed by atoms with Crippen LogP contribution in [0, 0.1) is 6.92 Å². The topological polar surface area (TPSA) is 0 Å². The van der Waals surface area contributed by atoms with Crippen LogP contribution in [0.1, 0.15) is 5.56 Å². The molecule has 3 heteroatoms. The van der Waals surface area contributed by atoms with E-state index in [9.17, 15) is 4.11 Å². The Balaban J connectivity index is 2.99. The lowest BCUT2D eigenvalue weighted by molar-refractivity contribution is 0.852. The number of rotatable bonds is 1. The third-order valence-corrected chi connectivity index (χ3v) is 4.77. The zero-order valence-corrected chi connectivity index (χ0v) is 9.72. The molecule has 1 unspecified atom stereocenters. The van der Waals surface area contributed by atoms with Crippen LogP contribution in [0.4, 0.5) is 4.11 Å². The summed E-state index contributed by atoms with van der Waals surface area (Å²) in [4.78, 5) is 0. The molecule has 1 aromatic carbocycles. The lowest BCUT2D eigenvalue weighted by atomic mass is 10.2. The first-order chi connectivity index (χ1) is 5.00. The fourth-order valence-electron chi connectivity index (χ4n) is 0.846. The second-order valence-electron chi connectivity index (χ2n) is 2.75. The Morgan fingerprint density at radius 3 is 2.09 bits per heavy atom. The van der Waals surface area contributed by atoms with Crippen molar-refractivity contribution in [1.29, 1.82) is 0 Å². The Kier molecular flexibility index (Phi) is 2.69. The molecule has 1 rings (SSSR count). The van der Waals surface area contributed by atoms with E-state index in [0.29, 0.717) is 0 Å². The van der Waals surface area contributed by atoms with Gasteiger partial charge in [0.25, 0.3) is 0 Å². The summed E-state index contributed by atoms with van der Waals surface area (Å²) in [5.41, 5.74) is 1.18. The lowest BCUT2D eigenvalue weighted by Crippen LogP contribution is -2.32. The zero-order chi connectivity index (χ0) is 8.48. The van der Waals surface area contributed by atoms with Crippen LogP contribution in [0.25, 0.3) is 0 Å². The molecule has 0 aliphatic heterocycles. The van der Waals surface area contributed by atoms with E-state index in [4.69, 9.17) is 0 Å². The predicted molar refractivity (Wildman–Crippen MR) is 57.6 cm³/mol. The molecule has 1 aromatic rings. The van der Waals surface area contributed by atoms with Crippen LogP contribution in [-0.4, -0.2) is 5.90 Å². The number of hydrogen-bond donors (Lipinski definition) is 0. The van der Waals surface area contributed by atoms with Gasteiger partial charge in [0.05, 0.1) is 0 Å². The quantitative estimate of drug-likeness (QED) is 0.421. The third kappa shape index (κ3) is 2.55. The van der Waals surface area contributed by atoms with Crippen molar-refractivity contribution in [2.24, 2.45) is 0 Å². The first kappa shape index (κ1) is 9.19. The molecule has 0 aliphatic rings. The molecule has 0 nitrogen and oxygen atoms in total. The second kappa shape index (κ2) is 3.22. The van der Waals surface area contributed by atoms with Gasteiger partial charge in [-0.1, -0.05) is 51.6 Å². The van der Waals surface area contributed by atoms with Gasteiger partial charge < -0.3 is 0 Å². The molecule has 0 saturated carbocycles. The van der Waals surface area contributed by atoms with E-state index in [1.807, 2.05) is 53.0 Å². The summed E-state index contributed by atoms with van der Waals surface area (Å²) in [5, 5.41) is 0.865. The highest BCUT2D eigenvalue weighted by Gasteiger charge is 2.25. The minimum absolute atomic E-state index is 0.865. The van der Waals surface area contributed by atoms with Crippen LogP contribution < -0.4 is 5.19 Å². The summed E-state index contributed by atoms with van der Waals surface area (Å²) in [6.07, 6.45) is 0. The Labute approximate surface area is 80.2 Å². The third-order valence-electron chi connectivity index (χ3n) is 1.56. The largest absolute Gasteiger partial charge is 0.337 e. The maximum atomic E-state index is 13.4. The van der Waals surface area contributed by atoms with E-state index in [2.05, 4.69) is 0 Å². The van der Waals surface area contributed by atoms with Crippen molar-refractivity contribution in [3.8, 4) is 0 Å². The van der Waals surface area contributed by atoms with Gasteiger partial charge in [-0.2, -0.15) is 0 Å². The number of aryl methyl sites for hydroxylation is 1. The Bertz CT molecular complexity index is 237. The molecule has 0 bridgehead atoms. The van der Waals surface area contributed by atoms with Crippen LogP contribution in [0.15, 0.2) is 24.3 Å². The van der Waals surface area contributed by atoms with Crippen molar-refractivity contribution < 1.29 is 4.11 Å². The molecule has 0 amide bonds. The Morgan fingerprint density at radius 1 is 1.27 bits per heavy atom. The molecule has 1 atom stereocenters. The van der Waals surface area contributed by atoms with Gasteiger partial charge in [-0.3, -0.25) is 4.11 Å². The van der Waals surface area contributed by atoms with Gasteiger partial charge in [0, 0.05) is 0 Å². The summed E-state index contributed by atoms with van der Waals surface area (Å²) in [6.45, 7) is 3.70. The van der Waals surface area contributed by atoms with E-state index in [1.165, 1.54) is 5.56 Å². The van der Waals surface area contributed by atoms with Gasteiger partial charge in [0.2, 0.25) is 0 Å². The van der Waals surface area contributed by atoms with Crippen molar-refractivity contribution in [3.63, 3.8) is 0 Å². The fraction of sp³-hybridized carbons (Fsp3) is 0.250. The molecule has 0 radical (unpaired) electrons. The van der Waals surface area contributed by atoms with Gasteiger partial charge in [0.1, 0.15) is 0 Å². The van der Waals surface area contributed by atoms with Gasteiger partial charge >= 0.3 is 5.90 Å². The summed E-state index contributed by atoms with van der Waals surface area (Å²) < 4.78 is 13.4. The number of benzene rings is 1. The van der Waals surface area contributed by atoms with Crippen LogP contribution in [-0.2, 0) is 0 Å². The monoisotopic (exact) mass is 280 g/mol. The van der Waals surface area contributed by atoms with E-state index in [-0.39, 0.29) is 0 Å². The summed E-state index contributed by atoms with van der Waals surface area (Å²) in [5.74, 6) is -2.59. The predicted octanol–water partition coefficient (Wildman–Crippen LogP) is 2.68. The maximum absolute atomic E-state index is 13.4. The molecular formula is C8H10FISi.